The van der Waals surface area contributed by atoms with Crippen molar-refractivity contribution in [2.45, 2.75) is 42.5 Å². The summed E-state index contributed by atoms with van der Waals surface area (Å²) in [6.07, 6.45) is 0. The number of hydrogen-bond acceptors (Lipinski definition) is 7. The third kappa shape index (κ3) is 4.99. The van der Waals surface area contributed by atoms with Gasteiger partial charge in [0.1, 0.15) is 10.7 Å². The molecule has 0 aromatic heterocycles. The van der Waals surface area contributed by atoms with Crippen LogP contribution in [0.15, 0.2) is 23.1 Å². The van der Waals surface area contributed by atoms with Gasteiger partial charge in [0.25, 0.3) is 0 Å². The lowest BCUT2D eigenvalue weighted by Gasteiger charge is -2.41. The lowest BCUT2D eigenvalue weighted by Crippen LogP contribution is -2.57. The second-order valence-corrected chi connectivity index (χ2v) is 12.8. The summed E-state index contributed by atoms with van der Waals surface area (Å²) in [5.41, 5.74) is 0.294. The first-order valence-electron chi connectivity index (χ1n) is 9.69. The third-order valence-electron chi connectivity index (χ3n) is 5.76. The van der Waals surface area contributed by atoms with E-state index in [0.717, 1.165) is 19.2 Å². The molecule has 0 radical (unpaired) electrons. The van der Waals surface area contributed by atoms with Crippen molar-refractivity contribution < 1.29 is 26.0 Å². The van der Waals surface area contributed by atoms with Crippen LogP contribution in [0.3, 0.4) is 0 Å². The van der Waals surface area contributed by atoms with Crippen LogP contribution in [0.1, 0.15) is 19.4 Å². The van der Waals surface area contributed by atoms with Crippen LogP contribution in [-0.4, -0.2) is 82.9 Å². The van der Waals surface area contributed by atoms with Crippen LogP contribution in [-0.2, 0) is 24.4 Å². The fourth-order valence-corrected chi connectivity index (χ4v) is 8.83. The quantitative estimate of drug-likeness (QED) is 0.687. The van der Waals surface area contributed by atoms with Gasteiger partial charge in [0.15, 0.2) is 19.7 Å². The van der Waals surface area contributed by atoms with Crippen molar-refractivity contribution in [2.24, 2.45) is 0 Å². The number of morpholine rings is 1. The standard InChI is InChI=1S/C19H29FN2O5S2/c1-14-4-5-15(20)17(10-14)29(25,26)18-12-28(23,24)11-16(18)21-13-19(2,3)22-6-8-27-9-7-22/h4-5,10,16,18,21H,6-9,11-13H2,1-3H3/t16-,18-/m0/s1. The summed E-state index contributed by atoms with van der Waals surface area (Å²) in [7, 11) is -7.70. The van der Waals surface area contributed by atoms with E-state index in [2.05, 4.69) is 10.2 Å². The van der Waals surface area contributed by atoms with E-state index in [1.165, 1.54) is 12.1 Å². The molecule has 2 fully saturated rings. The highest BCUT2D eigenvalue weighted by Gasteiger charge is 2.47. The van der Waals surface area contributed by atoms with Gasteiger partial charge in [0.2, 0.25) is 0 Å². The third-order valence-corrected chi connectivity index (χ3v) is 9.92. The maximum Gasteiger partial charge on any atom is 0.186 e. The number of rotatable bonds is 6. The minimum atomic E-state index is -4.15. The summed E-state index contributed by atoms with van der Waals surface area (Å²) in [6.45, 7) is 8.91. The highest BCUT2D eigenvalue weighted by Crippen LogP contribution is 2.29. The maximum absolute atomic E-state index is 14.3. The van der Waals surface area contributed by atoms with E-state index in [0.29, 0.717) is 25.3 Å². The fourth-order valence-electron chi connectivity index (χ4n) is 3.96. The van der Waals surface area contributed by atoms with Crippen molar-refractivity contribution in [3.05, 3.63) is 29.6 Å². The molecule has 1 aromatic carbocycles. The van der Waals surface area contributed by atoms with Crippen LogP contribution in [0.4, 0.5) is 4.39 Å². The zero-order valence-electron chi connectivity index (χ0n) is 17.0. The number of hydrogen-bond donors (Lipinski definition) is 1. The van der Waals surface area contributed by atoms with Crippen molar-refractivity contribution in [3.63, 3.8) is 0 Å². The van der Waals surface area contributed by atoms with Crippen molar-refractivity contribution in [1.29, 1.82) is 0 Å². The molecule has 0 unspecified atom stereocenters. The molecule has 0 bridgehead atoms. The molecule has 0 aliphatic carbocycles. The molecule has 29 heavy (non-hydrogen) atoms. The lowest BCUT2D eigenvalue weighted by atomic mass is 10.0. The zero-order chi connectivity index (χ0) is 21.4. The molecule has 10 heteroatoms. The van der Waals surface area contributed by atoms with Gasteiger partial charge in [0.05, 0.1) is 30.0 Å². The molecule has 7 nitrogen and oxygen atoms in total. The number of sulfone groups is 2. The van der Waals surface area contributed by atoms with Gasteiger partial charge in [-0.3, -0.25) is 4.90 Å². The maximum atomic E-state index is 14.3. The minimum absolute atomic E-state index is 0.274. The molecule has 0 spiro atoms. The molecule has 0 saturated carbocycles. The van der Waals surface area contributed by atoms with E-state index in [1.54, 1.807) is 6.92 Å². The van der Waals surface area contributed by atoms with Crippen LogP contribution in [0.25, 0.3) is 0 Å². The van der Waals surface area contributed by atoms with Gasteiger partial charge in [-0.15, -0.1) is 0 Å². The average Bonchev–Trinajstić information content (AvgIpc) is 2.98. The highest BCUT2D eigenvalue weighted by molar-refractivity contribution is 7.96. The Morgan fingerprint density at radius 3 is 2.55 bits per heavy atom. The van der Waals surface area contributed by atoms with Gasteiger partial charge >= 0.3 is 0 Å². The monoisotopic (exact) mass is 448 g/mol. The van der Waals surface area contributed by atoms with Crippen LogP contribution in [0, 0.1) is 12.7 Å². The molecule has 1 aromatic rings. The first-order chi connectivity index (χ1) is 13.4. The second-order valence-electron chi connectivity index (χ2n) is 8.49. The Hall–Kier alpha value is -1.07. The Labute approximate surface area is 172 Å². The number of aryl methyl sites for hydroxylation is 1. The van der Waals surface area contributed by atoms with Gasteiger partial charge in [-0.25, -0.2) is 21.2 Å². The van der Waals surface area contributed by atoms with E-state index in [4.69, 9.17) is 4.74 Å². The number of nitrogens with one attached hydrogen (secondary N) is 1. The van der Waals surface area contributed by atoms with E-state index in [-0.39, 0.29) is 11.3 Å². The van der Waals surface area contributed by atoms with Crippen LogP contribution in [0.5, 0.6) is 0 Å². The van der Waals surface area contributed by atoms with E-state index >= 15 is 0 Å². The van der Waals surface area contributed by atoms with Crippen molar-refractivity contribution in [1.82, 2.24) is 10.2 Å². The molecule has 2 aliphatic rings. The van der Waals surface area contributed by atoms with Crippen LogP contribution < -0.4 is 5.32 Å². The molecular weight excluding hydrogens is 419 g/mol. The predicted molar refractivity (Wildman–Crippen MR) is 109 cm³/mol. The van der Waals surface area contributed by atoms with E-state index in [9.17, 15) is 21.2 Å². The van der Waals surface area contributed by atoms with Crippen molar-refractivity contribution >= 4 is 19.7 Å². The molecule has 1 N–H and O–H groups in total. The summed E-state index contributed by atoms with van der Waals surface area (Å²) in [6, 6.07) is 3.07. The predicted octanol–water partition coefficient (Wildman–Crippen LogP) is 0.774. The van der Waals surface area contributed by atoms with Gasteiger partial charge < -0.3 is 10.1 Å². The molecule has 164 valence electrons. The molecule has 2 heterocycles. The van der Waals surface area contributed by atoms with Crippen LogP contribution >= 0.6 is 0 Å². The summed E-state index contributed by atoms with van der Waals surface area (Å²) in [5, 5.41) is 1.95. The van der Waals surface area contributed by atoms with Crippen molar-refractivity contribution in [3.8, 4) is 0 Å². The molecular formula is C19H29FN2O5S2. The topological polar surface area (TPSA) is 92.8 Å². The molecule has 0 amide bonds. The largest absolute Gasteiger partial charge is 0.379 e. The number of halogens is 1. The fraction of sp³-hybridized carbons (Fsp3) is 0.684. The zero-order valence-corrected chi connectivity index (χ0v) is 18.7. The molecule has 2 aliphatic heterocycles. The number of ether oxygens (including phenoxy) is 1. The first-order valence-corrected chi connectivity index (χ1v) is 13.1. The summed E-state index contributed by atoms with van der Waals surface area (Å²) >= 11 is 0. The summed E-state index contributed by atoms with van der Waals surface area (Å²) in [4.78, 5) is 1.80. The minimum Gasteiger partial charge on any atom is -0.379 e. The first kappa shape index (κ1) is 22.6. The molecule has 2 saturated heterocycles. The summed E-state index contributed by atoms with van der Waals surface area (Å²) in [5.74, 6) is -1.63. The van der Waals surface area contributed by atoms with Crippen LogP contribution in [0.2, 0.25) is 0 Å². The van der Waals surface area contributed by atoms with Gasteiger partial charge in [-0.2, -0.15) is 0 Å². The van der Waals surface area contributed by atoms with E-state index in [1.807, 2.05) is 13.8 Å². The lowest BCUT2D eigenvalue weighted by molar-refractivity contribution is -0.0101. The Morgan fingerprint density at radius 2 is 1.90 bits per heavy atom. The molecule has 3 rings (SSSR count). The highest BCUT2D eigenvalue weighted by atomic mass is 32.2. The average molecular weight is 449 g/mol. The number of benzene rings is 1. The smallest absolute Gasteiger partial charge is 0.186 e. The van der Waals surface area contributed by atoms with Gasteiger partial charge in [0, 0.05) is 31.2 Å². The SMILES string of the molecule is Cc1ccc(F)c(S(=O)(=O)[C@H]2CS(=O)(=O)C[C@@H]2NCC(C)(C)N2CCOCC2)c1. The van der Waals surface area contributed by atoms with Gasteiger partial charge in [-0.05, 0) is 38.5 Å². The Balaban J connectivity index is 1.83. The Bertz CT molecular complexity index is 957. The Morgan fingerprint density at radius 1 is 1.24 bits per heavy atom. The number of nitrogens with zero attached hydrogens (tertiary/aromatic N) is 1. The molecule has 2 atom stereocenters. The van der Waals surface area contributed by atoms with Crippen molar-refractivity contribution in [2.75, 3.05) is 44.4 Å². The normalized spacial score (nSPS) is 25.9. The van der Waals surface area contributed by atoms with Gasteiger partial charge in [-0.1, -0.05) is 6.07 Å². The second kappa shape index (κ2) is 8.22. The Kier molecular flexibility index (Phi) is 6.41. The summed E-state index contributed by atoms with van der Waals surface area (Å²) < 4.78 is 70.5. The van der Waals surface area contributed by atoms with E-state index < -0.39 is 47.4 Å².